The molecule has 1 saturated carbocycles. The van der Waals surface area contributed by atoms with E-state index < -0.39 is 72.4 Å². The number of aliphatic hydroxyl groups excluding tert-OH is 6. The topological polar surface area (TPSA) is 185 Å². The van der Waals surface area contributed by atoms with Gasteiger partial charge < -0.3 is 30.6 Å². The average Bonchev–Trinajstić information content (AvgIpc) is 2.66. The Labute approximate surface area is 127 Å². The van der Waals surface area contributed by atoms with Gasteiger partial charge in [-0.25, -0.2) is 4.18 Å². The fourth-order valence-corrected chi connectivity index (χ4v) is 3.47. The van der Waals surface area contributed by atoms with E-state index in [1.165, 1.54) is 0 Å². The molecule has 1 rings (SSSR count). The molecule has 0 spiro atoms. The number of aliphatic hydroxyl groups is 6. The quantitative estimate of drug-likeness (QED) is 0.217. The molecular formula is C11H22O10S. The van der Waals surface area contributed by atoms with Crippen LogP contribution in [-0.4, -0.2) is 87.8 Å². The number of hydrogen-bond acceptors (Lipinski definition) is 9. The summed E-state index contributed by atoms with van der Waals surface area (Å²) in [6.07, 6.45) is -6.12. The summed E-state index contributed by atoms with van der Waals surface area (Å²) in [5.41, 5.74) is 0. The Morgan fingerprint density at radius 2 is 1.41 bits per heavy atom. The monoisotopic (exact) mass is 346 g/mol. The maximum Gasteiger partial charge on any atom is 0.397 e. The van der Waals surface area contributed by atoms with Crippen LogP contribution in [0.2, 0.25) is 0 Å². The Morgan fingerprint density at radius 3 is 1.73 bits per heavy atom. The molecule has 10 nitrogen and oxygen atoms in total. The smallest absolute Gasteiger partial charge is 0.396 e. The fourth-order valence-electron chi connectivity index (χ4n) is 2.97. The summed E-state index contributed by atoms with van der Waals surface area (Å²) in [6, 6.07) is 0. The second-order valence-corrected chi connectivity index (χ2v) is 6.43. The van der Waals surface area contributed by atoms with Crippen molar-refractivity contribution in [3.63, 3.8) is 0 Å². The molecule has 6 atom stereocenters. The molecule has 0 bridgehead atoms. The highest BCUT2D eigenvalue weighted by Gasteiger charge is 2.49. The maximum absolute atomic E-state index is 10.6. The molecule has 1 aliphatic rings. The Bertz CT molecular complexity index is 424. The second-order valence-electron chi connectivity index (χ2n) is 5.39. The molecular weight excluding hydrogens is 324 g/mol. The van der Waals surface area contributed by atoms with Crippen molar-refractivity contribution < 1.29 is 47.8 Å². The SMILES string of the molecule is O=S(=O)(O)O[C@@H](CO)[C@H](O)CC1[C@@H](CO)[C@@H](O)[C@H](O)[C@@H]1CO. The fraction of sp³-hybridized carbons (Fsp3) is 1.00. The van der Waals surface area contributed by atoms with E-state index >= 15 is 0 Å². The minimum absolute atomic E-state index is 0.272. The van der Waals surface area contributed by atoms with Gasteiger partial charge in [-0.15, -0.1) is 0 Å². The third-order valence-electron chi connectivity index (χ3n) is 4.12. The van der Waals surface area contributed by atoms with Crippen molar-refractivity contribution in [2.45, 2.75) is 30.8 Å². The van der Waals surface area contributed by atoms with Gasteiger partial charge in [-0.1, -0.05) is 0 Å². The highest BCUT2D eigenvalue weighted by atomic mass is 32.3. The molecule has 0 aromatic carbocycles. The van der Waals surface area contributed by atoms with Crippen LogP contribution in [0.5, 0.6) is 0 Å². The van der Waals surface area contributed by atoms with Crippen LogP contribution in [0, 0.1) is 17.8 Å². The van der Waals surface area contributed by atoms with Crippen molar-refractivity contribution >= 4 is 10.4 Å². The zero-order valence-corrected chi connectivity index (χ0v) is 12.4. The lowest BCUT2D eigenvalue weighted by Gasteiger charge is -2.28. The highest BCUT2D eigenvalue weighted by Crippen LogP contribution is 2.40. The molecule has 0 heterocycles. The first-order chi connectivity index (χ1) is 10.2. The zero-order valence-electron chi connectivity index (χ0n) is 11.6. The van der Waals surface area contributed by atoms with E-state index in [4.69, 9.17) is 9.66 Å². The van der Waals surface area contributed by atoms with E-state index in [1.807, 2.05) is 0 Å². The molecule has 0 aromatic heterocycles. The van der Waals surface area contributed by atoms with Crippen LogP contribution in [0.25, 0.3) is 0 Å². The lowest BCUT2D eigenvalue weighted by molar-refractivity contribution is -0.0268. The van der Waals surface area contributed by atoms with Crippen molar-refractivity contribution in [3.8, 4) is 0 Å². The van der Waals surface area contributed by atoms with Crippen LogP contribution < -0.4 is 0 Å². The zero-order chi connectivity index (χ0) is 17.1. The molecule has 1 fully saturated rings. The van der Waals surface area contributed by atoms with E-state index in [-0.39, 0.29) is 6.42 Å². The highest BCUT2D eigenvalue weighted by molar-refractivity contribution is 7.80. The van der Waals surface area contributed by atoms with Gasteiger partial charge in [-0.05, 0) is 12.3 Å². The Kier molecular flexibility index (Phi) is 7.11. The molecule has 0 amide bonds. The number of rotatable bonds is 8. The normalized spacial score (nSPS) is 35.5. The van der Waals surface area contributed by atoms with Crippen LogP contribution in [0.4, 0.5) is 0 Å². The Hall–Kier alpha value is -0.370. The minimum Gasteiger partial charge on any atom is -0.396 e. The first-order valence-electron chi connectivity index (χ1n) is 6.68. The summed E-state index contributed by atoms with van der Waals surface area (Å²) in [6.45, 7) is -1.95. The van der Waals surface area contributed by atoms with Crippen LogP contribution in [0.1, 0.15) is 6.42 Å². The summed E-state index contributed by atoms with van der Waals surface area (Å²) >= 11 is 0. The van der Waals surface area contributed by atoms with Gasteiger partial charge in [0.05, 0.1) is 24.9 Å². The molecule has 0 aromatic rings. The van der Waals surface area contributed by atoms with Gasteiger partial charge in [-0.3, -0.25) is 4.55 Å². The molecule has 22 heavy (non-hydrogen) atoms. The van der Waals surface area contributed by atoms with Crippen molar-refractivity contribution in [2.24, 2.45) is 17.8 Å². The van der Waals surface area contributed by atoms with E-state index in [9.17, 15) is 34.0 Å². The lowest BCUT2D eigenvalue weighted by Crippen LogP contribution is -2.38. The van der Waals surface area contributed by atoms with Gasteiger partial charge in [0.25, 0.3) is 0 Å². The van der Waals surface area contributed by atoms with Crippen molar-refractivity contribution in [1.82, 2.24) is 0 Å². The van der Waals surface area contributed by atoms with Crippen LogP contribution in [0.3, 0.4) is 0 Å². The average molecular weight is 346 g/mol. The summed E-state index contributed by atoms with van der Waals surface area (Å²) < 4.78 is 34.0. The van der Waals surface area contributed by atoms with Crippen molar-refractivity contribution in [1.29, 1.82) is 0 Å². The summed E-state index contributed by atoms with van der Waals surface area (Å²) in [7, 11) is -4.89. The molecule has 1 aliphatic carbocycles. The second kappa shape index (κ2) is 7.95. The number of hydrogen-bond donors (Lipinski definition) is 7. The summed E-state index contributed by atoms with van der Waals surface area (Å²) in [5, 5.41) is 57.1. The standard InChI is InChI=1S/C11H22O10S/c12-2-6-5(7(3-13)11(17)10(6)16)1-8(15)9(4-14)21-22(18,19)20/h5-17H,1-4H2,(H,18,19,20)/t6-,7-,8-,9+,10-,11-/m1/s1. The van der Waals surface area contributed by atoms with E-state index in [1.54, 1.807) is 0 Å². The molecule has 0 radical (unpaired) electrons. The van der Waals surface area contributed by atoms with Crippen LogP contribution in [-0.2, 0) is 14.6 Å². The lowest BCUT2D eigenvalue weighted by atomic mass is 9.84. The van der Waals surface area contributed by atoms with E-state index in [0.29, 0.717) is 0 Å². The maximum atomic E-state index is 10.6. The van der Waals surface area contributed by atoms with Gasteiger partial charge in [0, 0.05) is 25.0 Å². The van der Waals surface area contributed by atoms with Crippen molar-refractivity contribution in [2.75, 3.05) is 19.8 Å². The van der Waals surface area contributed by atoms with Gasteiger partial charge in [-0.2, -0.15) is 8.42 Å². The third-order valence-corrected chi connectivity index (χ3v) is 4.61. The third kappa shape index (κ3) is 4.57. The van der Waals surface area contributed by atoms with Crippen LogP contribution in [0.15, 0.2) is 0 Å². The molecule has 0 saturated heterocycles. The van der Waals surface area contributed by atoms with E-state index in [0.717, 1.165) is 0 Å². The van der Waals surface area contributed by atoms with Crippen molar-refractivity contribution in [3.05, 3.63) is 0 Å². The van der Waals surface area contributed by atoms with Crippen LogP contribution >= 0.6 is 0 Å². The minimum atomic E-state index is -4.89. The van der Waals surface area contributed by atoms with Gasteiger partial charge in [0.1, 0.15) is 6.10 Å². The molecule has 0 aliphatic heterocycles. The predicted molar refractivity (Wildman–Crippen MR) is 70.8 cm³/mol. The Balaban J connectivity index is 2.84. The van der Waals surface area contributed by atoms with Gasteiger partial charge >= 0.3 is 10.4 Å². The molecule has 0 unspecified atom stereocenters. The molecule has 11 heteroatoms. The largest absolute Gasteiger partial charge is 0.397 e. The van der Waals surface area contributed by atoms with E-state index in [2.05, 4.69) is 4.18 Å². The van der Waals surface area contributed by atoms with Gasteiger partial charge in [0.15, 0.2) is 0 Å². The molecule has 132 valence electrons. The molecule has 7 N–H and O–H groups in total. The Morgan fingerprint density at radius 1 is 0.955 bits per heavy atom. The summed E-state index contributed by atoms with van der Waals surface area (Å²) in [4.78, 5) is 0. The first-order valence-corrected chi connectivity index (χ1v) is 8.05. The summed E-state index contributed by atoms with van der Waals surface area (Å²) in [5.74, 6) is -2.42. The predicted octanol–water partition coefficient (Wildman–Crippen LogP) is -3.51. The van der Waals surface area contributed by atoms with Gasteiger partial charge in [0.2, 0.25) is 0 Å². The first kappa shape index (κ1) is 19.7.